The van der Waals surface area contributed by atoms with Crippen molar-refractivity contribution in [3.8, 4) is 0 Å². The molecule has 0 atom stereocenters. The summed E-state index contributed by atoms with van der Waals surface area (Å²) < 4.78 is 4.69. The van der Waals surface area contributed by atoms with Gasteiger partial charge in [-0.2, -0.15) is 0 Å². The largest absolute Gasteiger partial charge is 0.363 e. The van der Waals surface area contributed by atoms with E-state index in [1.807, 2.05) is 19.0 Å². The highest BCUT2D eigenvalue weighted by Gasteiger charge is 2.21. The van der Waals surface area contributed by atoms with E-state index in [-0.39, 0.29) is 18.4 Å². The van der Waals surface area contributed by atoms with Gasteiger partial charge in [-0.25, -0.2) is 0 Å². The minimum Gasteiger partial charge on any atom is -0.363 e. The molecular weight excluding hydrogens is 308 g/mol. The van der Waals surface area contributed by atoms with Crippen molar-refractivity contribution in [3.05, 3.63) is 12.3 Å². The Bertz CT molecular complexity index is 510. The molecule has 1 heterocycles. The van der Waals surface area contributed by atoms with Crippen LogP contribution < -0.4 is 5.32 Å². The fourth-order valence-corrected chi connectivity index (χ4v) is 3.03. The summed E-state index contributed by atoms with van der Waals surface area (Å²) in [5.41, 5.74) is 0. The normalized spacial score (nSPS) is 15.0. The maximum Gasteiger partial charge on any atom is 0.245 e. The Kier molecular flexibility index (Phi) is 7.24. The van der Waals surface area contributed by atoms with E-state index in [2.05, 4.69) is 10.5 Å². The summed E-state index contributed by atoms with van der Waals surface area (Å²) in [6.07, 6.45) is 7.88. The highest BCUT2D eigenvalue weighted by molar-refractivity contribution is 5.93. The fourth-order valence-electron chi connectivity index (χ4n) is 3.03. The Morgan fingerprint density at radius 3 is 2.67 bits per heavy atom. The van der Waals surface area contributed by atoms with Crippen molar-refractivity contribution in [1.82, 2.24) is 15.0 Å². The van der Waals surface area contributed by atoms with Crippen LogP contribution in [0.15, 0.2) is 16.9 Å². The summed E-state index contributed by atoms with van der Waals surface area (Å²) in [6, 6.07) is 1.57. The summed E-state index contributed by atoms with van der Waals surface area (Å²) in [7, 11) is 3.91. The lowest BCUT2D eigenvalue weighted by Crippen LogP contribution is -2.41. The van der Waals surface area contributed by atoms with Crippen molar-refractivity contribution in [2.75, 3.05) is 39.0 Å². The van der Waals surface area contributed by atoms with Crippen LogP contribution in [-0.2, 0) is 9.59 Å². The topological polar surface area (TPSA) is 78.7 Å². The molecule has 0 spiro atoms. The SMILES string of the molecule is CN(C)CCN(CC(=O)Nc1ccon1)C(=O)CCC1CCCC1. The Labute approximate surface area is 143 Å². The van der Waals surface area contributed by atoms with E-state index in [0.717, 1.165) is 13.0 Å². The number of carbonyl (C=O) groups excluding carboxylic acids is 2. The zero-order valence-electron chi connectivity index (χ0n) is 14.7. The molecule has 1 aromatic rings. The number of likely N-dealkylation sites (N-methyl/N-ethyl adjacent to an activating group) is 1. The predicted octanol–water partition coefficient (Wildman–Crippen LogP) is 1.97. The maximum atomic E-state index is 12.5. The quantitative estimate of drug-likeness (QED) is 0.746. The molecule has 1 aliphatic rings. The van der Waals surface area contributed by atoms with Gasteiger partial charge in [0, 0.05) is 25.6 Å². The third kappa shape index (κ3) is 6.31. The van der Waals surface area contributed by atoms with Crippen LogP contribution in [0.4, 0.5) is 5.82 Å². The van der Waals surface area contributed by atoms with E-state index >= 15 is 0 Å². The second kappa shape index (κ2) is 9.42. The summed E-state index contributed by atoms with van der Waals surface area (Å²) in [6.45, 7) is 1.32. The lowest BCUT2D eigenvalue weighted by Gasteiger charge is -2.24. The van der Waals surface area contributed by atoms with Gasteiger partial charge in [0.1, 0.15) is 6.26 Å². The van der Waals surface area contributed by atoms with Gasteiger partial charge in [-0.15, -0.1) is 0 Å². The second-order valence-electron chi connectivity index (χ2n) is 6.74. The van der Waals surface area contributed by atoms with E-state index in [0.29, 0.717) is 24.7 Å². The number of nitrogens with zero attached hydrogens (tertiary/aromatic N) is 3. The molecule has 0 radical (unpaired) electrons. The molecule has 7 heteroatoms. The molecule has 24 heavy (non-hydrogen) atoms. The van der Waals surface area contributed by atoms with Crippen LogP contribution in [0.1, 0.15) is 38.5 Å². The van der Waals surface area contributed by atoms with Gasteiger partial charge in [-0.3, -0.25) is 9.59 Å². The van der Waals surface area contributed by atoms with Gasteiger partial charge in [-0.05, 0) is 26.4 Å². The first kappa shape index (κ1) is 18.4. The summed E-state index contributed by atoms with van der Waals surface area (Å²) in [5, 5.41) is 6.29. The first-order chi connectivity index (χ1) is 11.5. The van der Waals surface area contributed by atoms with Gasteiger partial charge in [0.15, 0.2) is 5.82 Å². The standard InChI is InChI=1S/C17H28N4O3/c1-20(2)10-11-21(13-16(22)18-15-9-12-24-19-15)17(23)8-7-14-5-3-4-6-14/h9,12,14H,3-8,10-11,13H2,1-2H3,(H,18,19,22). The third-order valence-electron chi connectivity index (χ3n) is 4.45. The van der Waals surface area contributed by atoms with E-state index < -0.39 is 0 Å². The molecule has 7 nitrogen and oxygen atoms in total. The number of hydrogen-bond acceptors (Lipinski definition) is 5. The fraction of sp³-hybridized carbons (Fsp3) is 0.706. The van der Waals surface area contributed by atoms with Gasteiger partial charge in [-0.1, -0.05) is 30.8 Å². The Balaban J connectivity index is 1.84. The number of anilines is 1. The lowest BCUT2D eigenvalue weighted by molar-refractivity contribution is -0.135. The summed E-state index contributed by atoms with van der Waals surface area (Å²) >= 11 is 0. The smallest absolute Gasteiger partial charge is 0.245 e. The summed E-state index contributed by atoms with van der Waals surface area (Å²) in [4.78, 5) is 28.3. The van der Waals surface area contributed by atoms with Crippen molar-refractivity contribution < 1.29 is 14.1 Å². The number of carbonyl (C=O) groups is 2. The van der Waals surface area contributed by atoms with Crippen LogP contribution in [0.5, 0.6) is 0 Å². The molecular formula is C17H28N4O3. The number of rotatable bonds is 9. The van der Waals surface area contributed by atoms with Gasteiger partial charge in [0.05, 0.1) is 6.54 Å². The molecule has 2 rings (SSSR count). The van der Waals surface area contributed by atoms with Crippen molar-refractivity contribution in [3.63, 3.8) is 0 Å². The minimum absolute atomic E-state index is 0.0458. The van der Waals surface area contributed by atoms with E-state index in [4.69, 9.17) is 4.52 Å². The molecule has 1 aromatic heterocycles. The van der Waals surface area contributed by atoms with Crippen LogP contribution in [0.3, 0.4) is 0 Å². The van der Waals surface area contributed by atoms with E-state index in [1.54, 1.807) is 11.0 Å². The predicted molar refractivity (Wildman–Crippen MR) is 91.5 cm³/mol. The molecule has 1 N–H and O–H groups in total. The van der Waals surface area contributed by atoms with Crippen molar-refractivity contribution in [2.45, 2.75) is 38.5 Å². The van der Waals surface area contributed by atoms with E-state index in [9.17, 15) is 9.59 Å². The molecule has 0 bridgehead atoms. The number of aromatic nitrogens is 1. The average molecular weight is 336 g/mol. The number of nitrogens with one attached hydrogen (secondary N) is 1. The van der Waals surface area contributed by atoms with Gasteiger partial charge < -0.3 is 19.6 Å². The number of hydrogen-bond donors (Lipinski definition) is 1. The van der Waals surface area contributed by atoms with E-state index in [1.165, 1.54) is 31.9 Å². The van der Waals surface area contributed by atoms with Gasteiger partial charge >= 0.3 is 0 Å². The molecule has 1 fully saturated rings. The zero-order chi connectivity index (χ0) is 17.4. The first-order valence-corrected chi connectivity index (χ1v) is 8.67. The van der Waals surface area contributed by atoms with Gasteiger partial charge in [0.25, 0.3) is 0 Å². The van der Waals surface area contributed by atoms with Crippen LogP contribution in [-0.4, -0.2) is 60.5 Å². The lowest BCUT2D eigenvalue weighted by atomic mass is 10.0. The molecule has 0 saturated heterocycles. The van der Waals surface area contributed by atoms with Crippen LogP contribution >= 0.6 is 0 Å². The molecule has 2 amide bonds. The molecule has 0 aliphatic heterocycles. The van der Waals surface area contributed by atoms with Crippen LogP contribution in [0.2, 0.25) is 0 Å². The molecule has 0 unspecified atom stereocenters. The summed E-state index contributed by atoms with van der Waals surface area (Å²) in [5.74, 6) is 0.843. The maximum absolute atomic E-state index is 12.5. The Morgan fingerprint density at radius 1 is 1.29 bits per heavy atom. The third-order valence-corrected chi connectivity index (χ3v) is 4.45. The van der Waals surface area contributed by atoms with Crippen molar-refractivity contribution in [1.29, 1.82) is 0 Å². The monoisotopic (exact) mass is 336 g/mol. The highest BCUT2D eigenvalue weighted by Crippen LogP contribution is 2.28. The average Bonchev–Trinajstić information content (AvgIpc) is 3.22. The van der Waals surface area contributed by atoms with Crippen molar-refractivity contribution >= 4 is 17.6 Å². The van der Waals surface area contributed by atoms with Crippen LogP contribution in [0.25, 0.3) is 0 Å². The second-order valence-corrected chi connectivity index (χ2v) is 6.74. The van der Waals surface area contributed by atoms with Crippen LogP contribution in [0, 0.1) is 5.92 Å². The molecule has 1 saturated carbocycles. The minimum atomic E-state index is -0.253. The molecule has 0 aromatic carbocycles. The Morgan fingerprint density at radius 2 is 2.04 bits per heavy atom. The zero-order valence-corrected chi connectivity index (χ0v) is 14.7. The first-order valence-electron chi connectivity index (χ1n) is 8.67. The van der Waals surface area contributed by atoms with Crippen molar-refractivity contribution in [2.24, 2.45) is 5.92 Å². The highest BCUT2D eigenvalue weighted by atomic mass is 16.5. The Hall–Kier alpha value is -1.89. The molecule has 1 aliphatic carbocycles. The number of amides is 2. The molecule has 134 valence electrons. The van der Waals surface area contributed by atoms with Gasteiger partial charge in [0.2, 0.25) is 11.8 Å².